The molecule has 0 saturated carbocycles. The summed E-state index contributed by atoms with van der Waals surface area (Å²) in [6, 6.07) is 13.5. The van der Waals surface area contributed by atoms with Gasteiger partial charge in [0, 0.05) is 32.0 Å². The second-order valence-corrected chi connectivity index (χ2v) is 6.20. The van der Waals surface area contributed by atoms with Crippen molar-refractivity contribution in [3.05, 3.63) is 54.2 Å². The first kappa shape index (κ1) is 17.0. The molecule has 2 heterocycles. The Bertz CT molecular complexity index is 738. The van der Waals surface area contributed by atoms with Crippen LogP contribution in [0.5, 0.6) is 0 Å². The number of hydrogen-bond acceptors (Lipinski definition) is 4. The average molecular weight is 339 g/mol. The minimum Gasteiger partial charge on any atom is -0.481 e. The molecule has 1 saturated heterocycles. The number of para-hydroxylation sites is 1. The van der Waals surface area contributed by atoms with E-state index < -0.39 is 5.97 Å². The van der Waals surface area contributed by atoms with Gasteiger partial charge < -0.3 is 14.9 Å². The monoisotopic (exact) mass is 339 g/mol. The van der Waals surface area contributed by atoms with Crippen LogP contribution in [-0.4, -0.2) is 47.0 Å². The number of piperidine rings is 1. The average Bonchev–Trinajstić information content (AvgIpc) is 2.67. The Hall–Kier alpha value is -2.89. The highest BCUT2D eigenvalue weighted by Gasteiger charge is 2.27. The maximum absolute atomic E-state index is 12.6. The fraction of sp³-hybridized carbons (Fsp3) is 0.316. The Morgan fingerprint density at radius 2 is 1.80 bits per heavy atom. The summed E-state index contributed by atoms with van der Waals surface area (Å²) in [5.41, 5.74) is 1.55. The molecule has 0 atom stereocenters. The standard InChI is InChI=1S/C19H21N3O3/c1-21(16-5-3-2-4-6-16)17-8-7-15(13-20-17)18(23)22-11-9-14(10-12-22)19(24)25/h2-8,13-14H,9-12H2,1H3,(H,24,25). The molecule has 0 bridgehead atoms. The molecule has 1 aliphatic rings. The van der Waals surface area contributed by atoms with Crippen LogP contribution in [0, 0.1) is 5.92 Å². The maximum Gasteiger partial charge on any atom is 0.306 e. The molecular weight excluding hydrogens is 318 g/mol. The van der Waals surface area contributed by atoms with Crippen LogP contribution in [0.4, 0.5) is 11.5 Å². The fourth-order valence-corrected chi connectivity index (χ4v) is 3.01. The summed E-state index contributed by atoms with van der Waals surface area (Å²) in [6.45, 7) is 0.947. The zero-order valence-electron chi connectivity index (χ0n) is 14.1. The van der Waals surface area contributed by atoms with Crippen LogP contribution in [0.15, 0.2) is 48.7 Å². The van der Waals surface area contributed by atoms with Gasteiger partial charge in [-0.15, -0.1) is 0 Å². The first-order chi connectivity index (χ1) is 12.1. The number of hydrogen-bond donors (Lipinski definition) is 1. The Morgan fingerprint density at radius 3 is 2.36 bits per heavy atom. The number of benzene rings is 1. The van der Waals surface area contributed by atoms with Gasteiger partial charge in [-0.25, -0.2) is 4.98 Å². The lowest BCUT2D eigenvalue weighted by molar-refractivity contribution is -0.143. The van der Waals surface area contributed by atoms with Crippen molar-refractivity contribution in [2.45, 2.75) is 12.8 Å². The van der Waals surface area contributed by atoms with Crippen molar-refractivity contribution < 1.29 is 14.7 Å². The highest BCUT2D eigenvalue weighted by atomic mass is 16.4. The number of likely N-dealkylation sites (tertiary alicyclic amines) is 1. The van der Waals surface area contributed by atoms with E-state index in [4.69, 9.17) is 5.11 Å². The van der Waals surface area contributed by atoms with Crippen LogP contribution in [0.25, 0.3) is 0 Å². The molecular formula is C19H21N3O3. The largest absolute Gasteiger partial charge is 0.481 e. The van der Waals surface area contributed by atoms with E-state index in [-0.39, 0.29) is 11.8 Å². The summed E-state index contributed by atoms with van der Waals surface area (Å²) in [4.78, 5) is 31.6. The number of anilines is 2. The predicted molar refractivity (Wildman–Crippen MR) is 95.0 cm³/mol. The van der Waals surface area contributed by atoms with Crippen LogP contribution in [0.1, 0.15) is 23.2 Å². The molecule has 0 radical (unpaired) electrons. The lowest BCUT2D eigenvalue weighted by Gasteiger charge is -2.30. The second kappa shape index (κ2) is 7.34. The molecule has 1 N–H and O–H groups in total. The molecule has 130 valence electrons. The lowest BCUT2D eigenvalue weighted by atomic mass is 9.97. The predicted octanol–water partition coefficient (Wildman–Crippen LogP) is 2.79. The minimum absolute atomic E-state index is 0.0924. The molecule has 6 heteroatoms. The smallest absolute Gasteiger partial charge is 0.306 e. The van der Waals surface area contributed by atoms with E-state index in [1.54, 1.807) is 17.2 Å². The lowest BCUT2D eigenvalue weighted by Crippen LogP contribution is -2.40. The van der Waals surface area contributed by atoms with E-state index in [1.165, 1.54) is 0 Å². The van der Waals surface area contributed by atoms with Gasteiger partial charge in [0.15, 0.2) is 0 Å². The van der Waals surface area contributed by atoms with Gasteiger partial charge in [-0.2, -0.15) is 0 Å². The summed E-state index contributed by atoms with van der Waals surface area (Å²) in [5, 5.41) is 9.04. The van der Waals surface area contributed by atoms with Gasteiger partial charge in [0.2, 0.25) is 0 Å². The fourth-order valence-electron chi connectivity index (χ4n) is 3.01. The van der Waals surface area contributed by atoms with Gasteiger partial charge in [0.05, 0.1) is 11.5 Å². The Labute approximate surface area is 146 Å². The Kier molecular flexibility index (Phi) is 4.97. The number of carbonyl (C=O) groups is 2. The summed E-state index contributed by atoms with van der Waals surface area (Å²) in [6.07, 6.45) is 2.59. The van der Waals surface area contributed by atoms with Crippen molar-refractivity contribution in [3.63, 3.8) is 0 Å². The van der Waals surface area contributed by atoms with Gasteiger partial charge in [-0.05, 0) is 37.1 Å². The molecule has 25 heavy (non-hydrogen) atoms. The number of aromatic nitrogens is 1. The van der Waals surface area contributed by atoms with Crippen LogP contribution >= 0.6 is 0 Å². The topological polar surface area (TPSA) is 73.7 Å². The quantitative estimate of drug-likeness (QED) is 0.927. The van der Waals surface area contributed by atoms with Gasteiger partial charge >= 0.3 is 5.97 Å². The second-order valence-electron chi connectivity index (χ2n) is 6.20. The van der Waals surface area contributed by atoms with Crippen LogP contribution in [-0.2, 0) is 4.79 Å². The number of amides is 1. The maximum atomic E-state index is 12.6. The van der Waals surface area contributed by atoms with Crippen LogP contribution < -0.4 is 4.90 Å². The summed E-state index contributed by atoms with van der Waals surface area (Å²) < 4.78 is 0. The molecule has 1 aromatic carbocycles. The molecule has 2 aromatic rings. The SMILES string of the molecule is CN(c1ccccc1)c1ccc(C(=O)N2CCC(C(=O)O)CC2)cn1. The van der Waals surface area contributed by atoms with Crippen molar-refractivity contribution >= 4 is 23.4 Å². The zero-order valence-corrected chi connectivity index (χ0v) is 14.1. The first-order valence-corrected chi connectivity index (χ1v) is 8.33. The molecule has 1 fully saturated rings. The molecule has 1 amide bonds. The minimum atomic E-state index is -0.776. The van der Waals surface area contributed by atoms with Gasteiger partial charge in [0.25, 0.3) is 5.91 Å². The number of carboxylic acids is 1. The first-order valence-electron chi connectivity index (χ1n) is 8.33. The van der Waals surface area contributed by atoms with E-state index >= 15 is 0 Å². The normalized spacial score (nSPS) is 15.0. The van der Waals surface area contributed by atoms with E-state index in [2.05, 4.69) is 4.98 Å². The molecule has 3 rings (SSSR count). The molecule has 0 spiro atoms. The van der Waals surface area contributed by atoms with Crippen molar-refractivity contribution in [2.75, 3.05) is 25.0 Å². The van der Waals surface area contributed by atoms with Crippen molar-refractivity contribution in [2.24, 2.45) is 5.92 Å². The van der Waals surface area contributed by atoms with E-state index in [0.717, 1.165) is 11.5 Å². The third-order valence-corrected chi connectivity index (χ3v) is 4.61. The van der Waals surface area contributed by atoms with Crippen LogP contribution in [0.3, 0.4) is 0 Å². The van der Waals surface area contributed by atoms with Crippen LogP contribution in [0.2, 0.25) is 0 Å². The molecule has 0 unspecified atom stereocenters. The highest BCUT2D eigenvalue weighted by molar-refractivity contribution is 5.94. The number of pyridine rings is 1. The number of carboxylic acid groups (broad SMARTS) is 1. The number of carbonyl (C=O) groups excluding carboxylic acids is 1. The van der Waals surface area contributed by atoms with Gasteiger partial charge in [0.1, 0.15) is 5.82 Å². The third kappa shape index (κ3) is 3.79. The molecule has 1 aromatic heterocycles. The van der Waals surface area contributed by atoms with Crippen molar-refractivity contribution in [1.82, 2.24) is 9.88 Å². The third-order valence-electron chi connectivity index (χ3n) is 4.61. The Balaban J connectivity index is 1.66. The van der Waals surface area contributed by atoms with E-state index in [0.29, 0.717) is 31.5 Å². The molecule has 6 nitrogen and oxygen atoms in total. The molecule has 0 aliphatic carbocycles. The zero-order chi connectivity index (χ0) is 17.8. The van der Waals surface area contributed by atoms with E-state index in [9.17, 15) is 9.59 Å². The van der Waals surface area contributed by atoms with E-state index in [1.807, 2.05) is 48.3 Å². The number of rotatable bonds is 4. The summed E-state index contributed by atoms with van der Waals surface area (Å²) in [7, 11) is 1.93. The number of nitrogens with zero attached hydrogens (tertiary/aromatic N) is 3. The van der Waals surface area contributed by atoms with Crippen molar-refractivity contribution in [1.29, 1.82) is 0 Å². The highest BCUT2D eigenvalue weighted by Crippen LogP contribution is 2.22. The van der Waals surface area contributed by atoms with Gasteiger partial charge in [-0.1, -0.05) is 18.2 Å². The van der Waals surface area contributed by atoms with Gasteiger partial charge in [-0.3, -0.25) is 9.59 Å². The summed E-state index contributed by atoms with van der Waals surface area (Å²) >= 11 is 0. The Morgan fingerprint density at radius 1 is 1.12 bits per heavy atom. The number of aliphatic carboxylic acids is 1. The summed E-state index contributed by atoms with van der Waals surface area (Å²) in [5.74, 6) is -0.455. The molecule has 1 aliphatic heterocycles. The van der Waals surface area contributed by atoms with Crippen molar-refractivity contribution in [3.8, 4) is 0 Å².